The molecule has 146 valence electrons. The molecule has 0 saturated heterocycles. The van der Waals surface area contributed by atoms with E-state index in [1.165, 1.54) is 32.1 Å². The van der Waals surface area contributed by atoms with Crippen LogP contribution in [0.3, 0.4) is 0 Å². The van der Waals surface area contributed by atoms with Gasteiger partial charge in [0.05, 0.1) is 0 Å². The van der Waals surface area contributed by atoms with Crippen molar-refractivity contribution in [3.63, 3.8) is 0 Å². The molecule has 0 N–H and O–H groups in total. The molecule has 0 spiro atoms. The van der Waals surface area contributed by atoms with E-state index >= 15 is 0 Å². The number of hydrogen-bond acceptors (Lipinski definition) is 2. The van der Waals surface area contributed by atoms with E-state index in [1.807, 2.05) is 6.92 Å². The highest BCUT2D eigenvalue weighted by atomic mass is 16.6. The molecule has 2 nitrogen and oxygen atoms in total. The molecule has 4 rings (SSSR count). The number of terminal acetylenes is 2. The maximum atomic E-state index is 12.2. The van der Waals surface area contributed by atoms with Crippen molar-refractivity contribution in [2.45, 2.75) is 84.2 Å². The Balaban J connectivity index is 1.64. The van der Waals surface area contributed by atoms with Crippen LogP contribution in [0.25, 0.3) is 0 Å². The van der Waals surface area contributed by atoms with Gasteiger partial charge in [0.25, 0.3) is 0 Å². The zero-order valence-corrected chi connectivity index (χ0v) is 17.2. The van der Waals surface area contributed by atoms with Gasteiger partial charge in [-0.1, -0.05) is 26.7 Å². The van der Waals surface area contributed by atoms with E-state index < -0.39 is 5.60 Å². The van der Waals surface area contributed by atoms with Gasteiger partial charge in [0.1, 0.15) is 0 Å². The third-order valence-corrected chi connectivity index (χ3v) is 9.49. The Morgan fingerprint density at radius 2 is 1.85 bits per heavy atom. The molecular weight excluding hydrogens is 332 g/mol. The molecule has 0 radical (unpaired) electrons. The molecule has 5 unspecified atom stereocenters. The summed E-state index contributed by atoms with van der Waals surface area (Å²) in [7, 11) is 0. The molecule has 0 aliphatic heterocycles. The van der Waals surface area contributed by atoms with E-state index in [2.05, 4.69) is 25.7 Å². The zero-order chi connectivity index (χ0) is 19.4. The Hall–Kier alpha value is -1.41. The second-order valence-corrected chi connectivity index (χ2v) is 10.3. The predicted octanol–water partition coefficient (Wildman–Crippen LogP) is 5.21. The lowest BCUT2D eigenvalue weighted by molar-refractivity contribution is -0.173. The van der Waals surface area contributed by atoms with Crippen LogP contribution >= 0.6 is 0 Å². The van der Waals surface area contributed by atoms with E-state index in [1.54, 1.807) is 0 Å². The third kappa shape index (κ3) is 2.45. The Kier molecular flexibility index (Phi) is 4.42. The summed E-state index contributed by atoms with van der Waals surface area (Å²) in [6, 6.07) is 0. The molecule has 8 atom stereocenters. The summed E-state index contributed by atoms with van der Waals surface area (Å²) in [5.41, 5.74) is -0.394. The predicted molar refractivity (Wildman–Crippen MR) is 107 cm³/mol. The minimum absolute atomic E-state index is 0.0823. The van der Waals surface area contributed by atoms with Gasteiger partial charge in [0.2, 0.25) is 0 Å². The monoisotopic (exact) mass is 366 g/mol. The largest absolute Gasteiger partial charge is 0.445 e. The lowest BCUT2D eigenvalue weighted by Crippen LogP contribution is -2.55. The average molecular weight is 367 g/mol. The number of esters is 1. The highest BCUT2D eigenvalue weighted by molar-refractivity contribution is 5.70. The fourth-order valence-electron chi connectivity index (χ4n) is 8.02. The van der Waals surface area contributed by atoms with Crippen molar-refractivity contribution in [1.82, 2.24) is 0 Å². The summed E-state index contributed by atoms with van der Waals surface area (Å²) >= 11 is 0. The van der Waals surface area contributed by atoms with Crippen LogP contribution in [0.1, 0.15) is 78.6 Å². The van der Waals surface area contributed by atoms with Gasteiger partial charge < -0.3 is 4.74 Å². The van der Waals surface area contributed by atoms with Crippen LogP contribution in [0.4, 0.5) is 0 Å². The van der Waals surface area contributed by atoms with Gasteiger partial charge in [-0.25, -0.2) is 0 Å². The highest BCUT2D eigenvalue weighted by Gasteiger charge is 2.66. The van der Waals surface area contributed by atoms with Crippen LogP contribution in [0.15, 0.2) is 0 Å². The summed E-state index contributed by atoms with van der Waals surface area (Å²) in [5.74, 6) is 9.17. The van der Waals surface area contributed by atoms with Crippen LogP contribution in [0, 0.1) is 65.1 Å². The minimum atomic E-state index is -0.704. The maximum Gasteiger partial charge on any atom is 0.307 e. The van der Waals surface area contributed by atoms with Crippen molar-refractivity contribution in [3.8, 4) is 24.7 Å². The molecule has 27 heavy (non-hydrogen) atoms. The molecule has 0 aromatic rings. The molecular formula is C25H34O2. The smallest absolute Gasteiger partial charge is 0.307 e. The van der Waals surface area contributed by atoms with Crippen LogP contribution in [0.2, 0.25) is 0 Å². The number of carbonyl (C=O) groups is 1. The standard InChI is InChI=1S/C25H34O2/c1-6-17-15-18-9-10-19-20(23(18,4)16-17)11-13-24(5)21(19)12-14-25(24,8-3)27-22(26)7-2/h1,3,17-21H,7,9-16H2,2,4-5H3/t17-,18?,19?,20?,21?,23-,24-,25?/m0/s1. The molecule has 2 heteroatoms. The van der Waals surface area contributed by atoms with Crippen molar-refractivity contribution < 1.29 is 9.53 Å². The van der Waals surface area contributed by atoms with Crippen molar-refractivity contribution in [2.75, 3.05) is 0 Å². The van der Waals surface area contributed by atoms with Gasteiger partial charge in [0.15, 0.2) is 5.60 Å². The topological polar surface area (TPSA) is 26.3 Å². The van der Waals surface area contributed by atoms with Crippen molar-refractivity contribution in [2.24, 2.45) is 40.4 Å². The normalized spacial score (nSPS) is 50.6. The molecule has 0 aromatic heterocycles. The first-order chi connectivity index (χ1) is 12.8. The lowest BCUT2D eigenvalue weighted by atomic mass is 9.47. The molecule has 4 aliphatic carbocycles. The fourth-order valence-corrected chi connectivity index (χ4v) is 8.02. The summed E-state index contributed by atoms with van der Waals surface area (Å²) in [4.78, 5) is 12.2. The van der Waals surface area contributed by atoms with Crippen LogP contribution in [-0.4, -0.2) is 11.6 Å². The van der Waals surface area contributed by atoms with Crippen molar-refractivity contribution in [3.05, 3.63) is 0 Å². The van der Waals surface area contributed by atoms with Gasteiger partial charge in [-0.15, -0.1) is 18.8 Å². The molecule has 0 amide bonds. The molecule has 0 bridgehead atoms. The van der Waals surface area contributed by atoms with Crippen LogP contribution < -0.4 is 0 Å². The van der Waals surface area contributed by atoms with Gasteiger partial charge >= 0.3 is 5.97 Å². The molecule has 4 fully saturated rings. The lowest BCUT2D eigenvalue weighted by Gasteiger charge is -2.58. The summed E-state index contributed by atoms with van der Waals surface area (Å²) in [6.45, 7) is 6.69. The number of hydrogen-bond donors (Lipinski definition) is 0. The van der Waals surface area contributed by atoms with E-state index in [4.69, 9.17) is 17.6 Å². The van der Waals surface area contributed by atoms with Gasteiger partial charge in [0, 0.05) is 17.8 Å². The number of fused-ring (bicyclic) bond motifs is 5. The molecule has 0 aromatic carbocycles. The number of carbonyl (C=O) groups excluding carboxylic acids is 1. The molecule has 0 heterocycles. The first-order valence-corrected chi connectivity index (χ1v) is 11.0. The highest BCUT2D eigenvalue weighted by Crippen LogP contribution is 2.69. The minimum Gasteiger partial charge on any atom is -0.445 e. The first kappa shape index (κ1) is 18.9. The van der Waals surface area contributed by atoms with E-state index in [9.17, 15) is 4.79 Å². The van der Waals surface area contributed by atoms with Crippen molar-refractivity contribution >= 4 is 5.97 Å². The number of rotatable bonds is 2. The average Bonchev–Trinajstić information content (AvgIpc) is 3.16. The number of ether oxygens (including phenoxy) is 1. The Morgan fingerprint density at radius 3 is 2.52 bits per heavy atom. The SMILES string of the molecule is C#C[C@H]1CC2CCC3C(CC[C@@]4(C)C3CCC4(C#C)OC(=O)CC)[C@@]2(C)C1. The van der Waals surface area contributed by atoms with E-state index in [-0.39, 0.29) is 11.4 Å². The molecule has 4 aliphatic rings. The summed E-state index contributed by atoms with van der Waals surface area (Å²) in [5, 5.41) is 0. The quantitative estimate of drug-likeness (QED) is 0.495. The second-order valence-electron chi connectivity index (χ2n) is 10.3. The van der Waals surface area contributed by atoms with Crippen molar-refractivity contribution in [1.29, 1.82) is 0 Å². The van der Waals surface area contributed by atoms with Crippen LogP contribution in [0.5, 0.6) is 0 Å². The maximum absolute atomic E-state index is 12.2. The van der Waals surface area contributed by atoms with Gasteiger partial charge in [-0.05, 0) is 80.5 Å². The molecule has 4 saturated carbocycles. The van der Waals surface area contributed by atoms with Gasteiger partial charge in [-0.2, -0.15) is 0 Å². The van der Waals surface area contributed by atoms with E-state index in [0.29, 0.717) is 29.6 Å². The van der Waals surface area contributed by atoms with E-state index in [0.717, 1.165) is 31.1 Å². The summed E-state index contributed by atoms with van der Waals surface area (Å²) < 4.78 is 5.99. The summed E-state index contributed by atoms with van der Waals surface area (Å²) in [6.07, 6.45) is 21.5. The Labute approximate surface area is 165 Å². The fraction of sp³-hybridized carbons (Fsp3) is 0.800. The first-order valence-electron chi connectivity index (χ1n) is 11.0. The van der Waals surface area contributed by atoms with Gasteiger partial charge in [-0.3, -0.25) is 4.79 Å². The zero-order valence-electron chi connectivity index (χ0n) is 17.2. The third-order valence-electron chi connectivity index (χ3n) is 9.49. The Morgan fingerprint density at radius 1 is 1.11 bits per heavy atom. The van der Waals surface area contributed by atoms with Crippen LogP contribution in [-0.2, 0) is 9.53 Å². The second kappa shape index (κ2) is 6.30. The Bertz CT molecular complexity index is 711.